The molecule has 0 aliphatic heterocycles. The number of nitriles is 1. The molecule has 2 amide bonds. The van der Waals surface area contributed by atoms with Crippen LogP contribution in [0.25, 0.3) is 6.08 Å². The van der Waals surface area contributed by atoms with Crippen molar-refractivity contribution < 1.29 is 14.7 Å². The van der Waals surface area contributed by atoms with Crippen molar-refractivity contribution in [2.24, 2.45) is 0 Å². The highest BCUT2D eigenvalue weighted by atomic mass is 16.4. The van der Waals surface area contributed by atoms with Crippen molar-refractivity contribution in [3.05, 3.63) is 35.9 Å². The quantitative estimate of drug-likeness (QED) is 0.786. The van der Waals surface area contributed by atoms with Gasteiger partial charge in [-0.1, -0.05) is 12.1 Å². The zero-order valence-corrected chi connectivity index (χ0v) is 11.7. The van der Waals surface area contributed by atoms with Gasteiger partial charge in [0, 0.05) is 24.9 Å². The molecule has 1 rings (SSSR count). The molecule has 1 aromatic carbocycles. The number of aliphatic carboxylic acids is 1. The number of urea groups is 1. The molecule has 0 unspecified atom stereocenters. The summed E-state index contributed by atoms with van der Waals surface area (Å²) >= 11 is 0. The predicted octanol–water partition coefficient (Wildman–Crippen LogP) is 2.55. The van der Waals surface area contributed by atoms with Crippen molar-refractivity contribution in [1.29, 1.82) is 5.26 Å². The highest BCUT2D eigenvalue weighted by Crippen LogP contribution is 2.13. The molecule has 1 aromatic rings. The smallest absolute Gasteiger partial charge is 0.328 e. The zero-order chi connectivity index (χ0) is 15.7. The fourth-order valence-corrected chi connectivity index (χ4v) is 1.68. The summed E-state index contributed by atoms with van der Waals surface area (Å²) in [4.78, 5) is 24.0. The number of carbonyl (C=O) groups is 2. The SMILES string of the molecule is CCN(CCC#N)C(=O)Nc1cccc(/C=C/C(=O)O)c1. The van der Waals surface area contributed by atoms with Crippen LogP contribution < -0.4 is 5.32 Å². The van der Waals surface area contributed by atoms with E-state index in [2.05, 4.69) is 5.32 Å². The molecule has 2 N–H and O–H groups in total. The van der Waals surface area contributed by atoms with E-state index >= 15 is 0 Å². The van der Waals surface area contributed by atoms with Crippen molar-refractivity contribution in [1.82, 2.24) is 4.90 Å². The maximum Gasteiger partial charge on any atom is 0.328 e. The Kier molecular flexibility index (Phi) is 6.48. The van der Waals surface area contributed by atoms with E-state index in [9.17, 15) is 9.59 Å². The number of hydrogen-bond donors (Lipinski definition) is 2. The first-order valence-electron chi connectivity index (χ1n) is 6.50. The number of nitrogens with zero attached hydrogens (tertiary/aromatic N) is 2. The molecule has 0 atom stereocenters. The first kappa shape index (κ1) is 16.2. The summed E-state index contributed by atoms with van der Waals surface area (Å²) in [6, 6.07) is 8.57. The second-order valence-electron chi connectivity index (χ2n) is 4.21. The predicted molar refractivity (Wildman–Crippen MR) is 79.6 cm³/mol. The number of amides is 2. The molecule has 110 valence electrons. The van der Waals surface area contributed by atoms with Gasteiger partial charge in [0.05, 0.1) is 12.5 Å². The minimum absolute atomic E-state index is 0.280. The van der Waals surface area contributed by atoms with Crippen molar-refractivity contribution in [3.8, 4) is 6.07 Å². The molecule has 0 aromatic heterocycles. The van der Waals surface area contributed by atoms with Crippen LogP contribution in [0.5, 0.6) is 0 Å². The Balaban J connectivity index is 2.74. The molecular formula is C15H17N3O3. The summed E-state index contributed by atoms with van der Waals surface area (Å²) in [7, 11) is 0. The molecule has 0 heterocycles. The standard InChI is InChI=1S/C15H17N3O3/c1-2-18(10-4-9-16)15(21)17-13-6-3-5-12(11-13)7-8-14(19)20/h3,5-8,11H,2,4,10H2,1H3,(H,17,21)(H,19,20)/b8-7+. The Hall–Kier alpha value is -2.81. The fraction of sp³-hybridized carbons (Fsp3) is 0.267. The Morgan fingerprint density at radius 2 is 2.24 bits per heavy atom. The van der Waals surface area contributed by atoms with Crippen LogP contribution in [0.2, 0.25) is 0 Å². The van der Waals surface area contributed by atoms with Crippen LogP contribution >= 0.6 is 0 Å². The van der Waals surface area contributed by atoms with Crippen LogP contribution in [0.15, 0.2) is 30.3 Å². The van der Waals surface area contributed by atoms with Crippen LogP contribution in [0.1, 0.15) is 18.9 Å². The summed E-state index contributed by atoms with van der Waals surface area (Å²) in [6.45, 7) is 2.71. The molecule has 6 nitrogen and oxygen atoms in total. The van der Waals surface area contributed by atoms with E-state index in [1.807, 2.05) is 13.0 Å². The number of benzene rings is 1. The molecule has 0 spiro atoms. The summed E-state index contributed by atoms with van der Waals surface area (Å²) in [5.74, 6) is -1.03. The second kappa shape index (κ2) is 8.38. The largest absolute Gasteiger partial charge is 0.478 e. The number of carbonyl (C=O) groups excluding carboxylic acids is 1. The fourth-order valence-electron chi connectivity index (χ4n) is 1.68. The summed E-state index contributed by atoms with van der Waals surface area (Å²) in [5.41, 5.74) is 1.25. The lowest BCUT2D eigenvalue weighted by Crippen LogP contribution is -2.35. The van der Waals surface area contributed by atoms with E-state index in [4.69, 9.17) is 10.4 Å². The van der Waals surface area contributed by atoms with Crippen molar-refractivity contribution in [2.45, 2.75) is 13.3 Å². The van der Waals surface area contributed by atoms with Crippen LogP contribution in [-0.2, 0) is 4.79 Å². The second-order valence-corrected chi connectivity index (χ2v) is 4.21. The van der Waals surface area contributed by atoms with Crippen LogP contribution in [-0.4, -0.2) is 35.1 Å². The average molecular weight is 287 g/mol. The van der Waals surface area contributed by atoms with Gasteiger partial charge in [-0.15, -0.1) is 0 Å². The van der Waals surface area contributed by atoms with Crippen molar-refractivity contribution in [3.63, 3.8) is 0 Å². The first-order chi connectivity index (χ1) is 10.1. The van der Waals surface area contributed by atoms with E-state index in [0.717, 1.165) is 6.08 Å². The third-order valence-corrected chi connectivity index (χ3v) is 2.72. The number of anilines is 1. The molecule has 0 aliphatic rings. The van der Waals surface area contributed by atoms with Gasteiger partial charge in [0.15, 0.2) is 0 Å². The highest BCUT2D eigenvalue weighted by Gasteiger charge is 2.11. The Labute approximate surface area is 123 Å². The summed E-state index contributed by atoms with van der Waals surface area (Å²) in [6.07, 6.45) is 2.76. The Bertz CT molecular complexity index is 576. The molecule has 0 fully saturated rings. The van der Waals surface area contributed by atoms with Crippen LogP contribution in [0.3, 0.4) is 0 Å². The molecule has 0 aliphatic carbocycles. The number of rotatable bonds is 6. The van der Waals surface area contributed by atoms with Gasteiger partial charge in [-0.05, 0) is 30.7 Å². The maximum atomic E-state index is 12.0. The van der Waals surface area contributed by atoms with Gasteiger partial charge in [0.1, 0.15) is 0 Å². The highest BCUT2D eigenvalue weighted by molar-refractivity contribution is 5.90. The van der Waals surface area contributed by atoms with Gasteiger partial charge in [0.25, 0.3) is 0 Å². The van der Waals surface area contributed by atoms with Crippen LogP contribution in [0, 0.1) is 11.3 Å². The summed E-state index contributed by atoms with van der Waals surface area (Å²) in [5, 5.41) is 19.9. The van der Waals surface area contributed by atoms with E-state index in [1.165, 1.54) is 11.0 Å². The molecule has 0 saturated carbocycles. The first-order valence-corrected chi connectivity index (χ1v) is 6.50. The number of carboxylic acid groups (broad SMARTS) is 1. The lowest BCUT2D eigenvalue weighted by molar-refractivity contribution is -0.131. The number of nitrogens with one attached hydrogen (secondary N) is 1. The van der Waals surface area contributed by atoms with E-state index in [1.54, 1.807) is 24.3 Å². The molecule has 21 heavy (non-hydrogen) atoms. The Morgan fingerprint density at radius 3 is 2.86 bits per heavy atom. The van der Waals surface area contributed by atoms with Gasteiger partial charge < -0.3 is 15.3 Å². The topological polar surface area (TPSA) is 93.4 Å². The molecule has 0 bridgehead atoms. The van der Waals surface area contributed by atoms with Gasteiger partial charge in [-0.25, -0.2) is 9.59 Å². The minimum Gasteiger partial charge on any atom is -0.478 e. The van der Waals surface area contributed by atoms with Crippen molar-refractivity contribution >= 4 is 23.8 Å². The van der Waals surface area contributed by atoms with Gasteiger partial charge in [0.2, 0.25) is 0 Å². The monoisotopic (exact) mass is 287 g/mol. The van der Waals surface area contributed by atoms with Crippen molar-refractivity contribution in [2.75, 3.05) is 18.4 Å². The third kappa shape index (κ3) is 5.78. The maximum absolute atomic E-state index is 12.0. The molecular weight excluding hydrogens is 270 g/mol. The average Bonchev–Trinajstić information content (AvgIpc) is 2.46. The van der Waals surface area contributed by atoms with Gasteiger partial charge >= 0.3 is 12.0 Å². The minimum atomic E-state index is -1.03. The molecule has 0 saturated heterocycles. The lowest BCUT2D eigenvalue weighted by atomic mass is 10.2. The molecule has 0 radical (unpaired) electrons. The Morgan fingerprint density at radius 1 is 1.48 bits per heavy atom. The van der Waals surface area contributed by atoms with Gasteiger partial charge in [-0.2, -0.15) is 5.26 Å². The van der Waals surface area contributed by atoms with Gasteiger partial charge in [-0.3, -0.25) is 0 Å². The summed E-state index contributed by atoms with van der Waals surface area (Å²) < 4.78 is 0. The molecule has 6 heteroatoms. The third-order valence-electron chi connectivity index (χ3n) is 2.72. The van der Waals surface area contributed by atoms with Crippen LogP contribution in [0.4, 0.5) is 10.5 Å². The number of hydrogen-bond acceptors (Lipinski definition) is 3. The number of carboxylic acids is 1. The lowest BCUT2D eigenvalue weighted by Gasteiger charge is -2.20. The zero-order valence-electron chi connectivity index (χ0n) is 11.7. The van der Waals surface area contributed by atoms with E-state index in [-0.39, 0.29) is 12.5 Å². The normalized spacial score (nSPS) is 10.1. The van der Waals surface area contributed by atoms with E-state index in [0.29, 0.717) is 24.3 Å². The van der Waals surface area contributed by atoms with E-state index < -0.39 is 5.97 Å².